The smallest absolute Gasteiger partial charge is 0.246 e. The molecule has 0 atom stereocenters. The zero-order valence-electron chi connectivity index (χ0n) is 8.52. The fourth-order valence-corrected chi connectivity index (χ4v) is 4.16. The molecular weight excluding hydrogens is 314 g/mol. The van der Waals surface area contributed by atoms with Crippen molar-refractivity contribution in [1.29, 1.82) is 0 Å². The third-order valence-corrected chi connectivity index (χ3v) is 5.37. The van der Waals surface area contributed by atoms with E-state index in [1.165, 1.54) is 15.6 Å². The van der Waals surface area contributed by atoms with Crippen LogP contribution in [0, 0.1) is 0 Å². The van der Waals surface area contributed by atoms with E-state index in [4.69, 9.17) is 0 Å². The van der Waals surface area contributed by atoms with E-state index in [9.17, 15) is 8.42 Å². The molecule has 1 N–H and O–H groups in total. The fourth-order valence-electron chi connectivity index (χ4n) is 1.58. The Kier molecular flexibility index (Phi) is 3.83. The minimum atomic E-state index is -3.41. The van der Waals surface area contributed by atoms with Gasteiger partial charge in [-0.3, -0.25) is 0 Å². The second-order valence-corrected chi connectivity index (χ2v) is 7.62. The average molecular weight is 326 g/mol. The minimum Gasteiger partial charge on any atom is -0.246 e. The quantitative estimate of drug-likeness (QED) is 0.925. The van der Waals surface area contributed by atoms with Crippen LogP contribution in [0.2, 0.25) is 0 Å². The van der Waals surface area contributed by atoms with Crippen LogP contribution in [0.25, 0.3) is 0 Å². The maximum Gasteiger partial charge on any atom is 0.303 e. The van der Waals surface area contributed by atoms with Gasteiger partial charge in [-0.25, -0.2) is 9.71 Å². The summed E-state index contributed by atoms with van der Waals surface area (Å²) in [4.78, 5) is 3.95. The SMILES string of the molecule is O=S(=O)(Nc1ncc(Br)s1)N1CCCCC1. The van der Waals surface area contributed by atoms with Crippen molar-refractivity contribution in [3.63, 3.8) is 0 Å². The Hall–Kier alpha value is -0.180. The van der Waals surface area contributed by atoms with Crippen LogP contribution < -0.4 is 4.72 Å². The fraction of sp³-hybridized carbons (Fsp3) is 0.625. The monoisotopic (exact) mass is 325 g/mol. The van der Waals surface area contributed by atoms with Gasteiger partial charge in [0.2, 0.25) is 0 Å². The third-order valence-electron chi connectivity index (χ3n) is 2.35. The molecule has 1 aliphatic heterocycles. The van der Waals surface area contributed by atoms with Gasteiger partial charge < -0.3 is 0 Å². The highest BCUT2D eigenvalue weighted by atomic mass is 79.9. The Labute approximate surface area is 107 Å². The Bertz CT molecular complexity index is 454. The van der Waals surface area contributed by atoms with E-state index in [1.807, 2.05) is 0 Å². The van der Waals surface area contributed by atoms with Crippen molar-refractivity contribution in [2.24, 2.45) is 0 Å². The minimum absolute atomic E-state index is 0.400. The molecule has 0 bridgehead atoms. The number of thiazole rings is 1. The Morgan fingerprint density at radius 3 is 2.62 bits per heavy atom. The van der Waals surface area contributed by atoms with Gasteiger partial charge in [0.25, 0.3) is 0 Å². The molecule has 1 aromatic heterocycles. The molecule has 16 heavy (non-hydrogen) atoms. The van der Waals surface area contributed by atoms with Crippen molar-refractivity contribution in [1.82, 2.24) is 9.29 Å². The van der Waals surface area contributed by atoms with Crippen molar-refractivity contribution >= 4 is 42.6 Å². The second kappa shape index (κ2) is 4.99. The van der Waals surface area contributed by atoms with Crippen LogP contribution in [0.3, 0.4) is 0 Å². The van der Waals surface area contributed by atoms with Crippen LogP contribution in [0.15, 0.2) is 9.98 Å². The summed E-state index contributed by atoms with van der Waals surface area (Å²) < 4.78 is 28.6. The highest BCUT2D eigenvalue weighted by Gasteiger charge is 2.24. The van der Waals surface area contributed by atoms with Crippen LogP contribution in [0.5, 0.6) is 0 Å². The molecular formula is C8H12BrN3O2S2. The van der Waals surface area contributed by atoms with Gasteiger partial charge in [0.15, 0.2) is 5.13 Å². The summed E-state index contributed by atoms with van der Waals surface area (Å²) in [6, 6.07) is 0. The molecule has 0 unspecified atom stereocenters. The number of rotatable bonds is 3. The van der Waals surface area contributed by atoms with E-state index in [1.54, 1.807) is 6.20 Å². The lowest BCUT2D eigenvalue weighted by Gasteiger charge is -2.25. The van der Waals surface area contributed by atoms with E-state index in [0.717, 1.165) is 23.0 Å². The van der Waals surface area contributed by atoms with Crippen LogP contribution in [-0.2, 0) is 10.2 Å². The normalized spacial score (nSPS) is 18.6. The standard InChI is InChI=1S/C8H12BrN3O2S2/c9-7-6-10-8(15-7)11-16(13,14)12-4-2-1-3-5-12/h6H,1-5H2,(H,10,11). The summed E-state index contributed by atoms with van der Waals surface area (Å²) in [6.45, 7) is 1.20. The van der Waals surface area contributed by atoms with Crippen LogP contribution in [0.4, 0.5) is 5.13 Å². The molecule has 0 aromatic carbocycles. The van der Waals surface area contributed by atoms with E-state index < -0.39 is 10.2 Å². The number of hydrogen-bond acceptors (Lipinski definition) is 4. The van der Waals surface area contributed by atoms with Crippen LogP contribution in [0.1, 0.15) is 19.3 Å². The van der Waals surface area contributed by atoms with Gasteiger partial charge in [0.05, 0.1) is 9.98 Å². The first kappa shape index (κ1) is 12.3. The predicted octanol–water partition coefficient (Wildman–Crippen LogP) is 2.05. The predicted molar refractivity (Wildman–Crippen MR) is 67.8 cm³/mol. The Morgan fingerprint density at radius 2 is 2.06 bits per heavy atom. The van der Waals surface area contributed by atoms with Gasteiger partial charge >= 0.3 is 10.2 Å². The second-order valence-electron chi connectivity index (χ2n) is 3.54. The number of nitrogens with one attached hydrogen (secondary N) is 1. The van der Waals surface area contributed by atoms with E-state index in [2.05, 4.69) is 25.6 Å². The van der Waals surface area contributed by atoms with Gasteiger partial charge in [0.1, 0.15) is 0 Å². The Morgan fingerprint density at radius 1 is 1.38 bits per heavy atom. The van der Waals surface area contributed by atoms with Gasteiger partial charge in [-0.15, -0.1) is 0 Å². The Balaban J connectivity index is 2.07. The molecule has 2 heterocycles. The van der Waals surface area contributed by atoms with E-state index >= 15 is 0 Å². The van der Waals surface area contributed by atoms with Gasteiger partial charge in [0, 0.05) is 13.1 Å². The summed E-state index contributed by atoms with van der Waals surface area (Å²) >= 11 is 4.51. The number of hydrogen-bond donors (Lipinski definition) is 1. The lowest BCUT2D eigenvalue weighted by Crippen LogP contribution is -2.39. The van der Waals surface area contributed by atoms with Crippen LogP contribution >= 0.6 is 27.3 Å². The molecule has 5 nitrogen and oxygen atoms in total. The zero-order chi connectivity index (χ0) is 11.6. The van der Waals surface area contributed by atoms with Crippen molar-refractivity contribution < 1.29 is 8.42 Å². The molecule has 0 saturated carbocycles. The maximum absolute atomic E-state index is 11.9. The third kappa shape index (κ3) is 2.93. The maximum atomic E-state index is 11.9. The molecule has 1 aromatic rings. The summed E-state index contributed by atoms with van der Waals surface area (Å²) in [5.41, 5.74) is 0. The van der Waals surface area contributed by atoms with Gasteiger partial charge in [-0.05, 0) is 28.8 Å². The zero-order valence-corrected chi connectivity index (χ0v) is 11.7. The number of anilines is 1. The molecule has 0 spiro atoms. The van der Waals surface area contributed by atoms with Crippen molar-refractivity contribution in [3.8, 4) is 0 Å². The van der Waals surface area contributed by atoms with Gasteiger partial charge in [-0.1, -0.05) is 17.8 Å². The van der Waals surface area contributed by atoms with Crippen molar-refractivity contribution in [3.05, 3.63) is 9.98 Å². The number of piperidine rings is 1. The molecule has 8 heteroatoms. The largest absolute Gasteiger partial charge is 0.303 e. The van der Waals surface area contributed by atoms with Gasteiger partial charge in [-0.2, -0.15) is 12.7 Å². The molecule has 1 saturated heterocycles. The number of aromatic nitrogens is 1. The molecule has 90 valence electrons. The van der Waals surface area contributed by atoms with Crippen LogP contribution in [-0.4, -0.2) is 30.8 Å². The number of nitrogens with zero attached hydrogens (tertiary/aromatic N) is 2. The first-order chi connectivity index (χ1) is 7.58. The highest BCUT2D eigenvalue weighted by molar-refractivity contribution is 9.11. The average Bonchev–Trinajstić information content (AvgIpc) is 2.64. The molecule has 1 fully saturated rings. The lowest BCUT2D eigenvalue weighted by atomic mass is 10.2. The molecule has 0 radical (unpaired) electrons. The van der Waals surface area contributed by atoms with E-state index in [0.29, 0.717) is 18.2 Å². The highest BCUT2D eigenvalue weighted by Crippen LogP contribution is 2.25. The first-order valence-electron chi connectivity index (χ1n) is 4.97. The summed E-state index contributed by atoms with van der Waals surface area (Å²) in [5.74, 6) is 0. The van der Waals surface area contributed by atoms with Crippen molar-refractivity contribution in [2.75, 3.05) is 17.8 Å². The lowest BCUT2D eigenvalue weighted by molar-refractivity contribution is 0.349. The summed E-state index contributed by atoms with van der Waals surface area (Å²) in [6.07, 6.45) is 4.55. The molecule has 0 amide bonds. The summed E-state index contributed by atoms with van der Waals surface area (Å²) in [5, 5.41) is 0.400. The molecule has 1 aliphatic rings. The summed E-state index contributed by atoms with van der Waals surface area (Å²) in [7, 11) is -3.41. The first-order valence-corrected chi connectivity index (χ1v) is 8.02. The molecule has 0 aliphatic carbocycles. The number of halogens is 1. The topological polar surface area (TPSA) is 62.3 Å². The van der Waals surface area contributed by atoms with Crippen molar-refractivity contribution in [2.45, 2.75) is 19.3 Å². The van der Waals surface area contributed by atoms with E-state index in [-0.39, 0.29) is 0 Å². The molecule has 2 rings (SSSR count).